The van der Waals surface area contributed by atoms with E-state index in [0.717, 1.165) is 23.0 Å². The summed E-state index contributed by atoms with van der Waals surface area (Å²) in [6, 6.07) is 22.7. The van der Waals surface area contributed by atoms with E-state index in [-0.39, 0.29) is 17.2 Å². The van der Waals surface area contributed by atoms with E-state index in [4.69, 9.17) is 16.6 Å². The molecular formula is C26H19ClN4O2S. The fourth-order valence-corrected chi connectivity index (χ4v) is 5.47. The lowest BCUT2D eigenvalue weighted by atomic mass is 10.2. The van der Waals surface area contributed by atoms with Crippen LogP contribution in [0, 0.1) is 0 Å². The number of amides is 1. The van der Waals surface area contributed by atoms with Gasteiger partial charge in [0.15, 0.2) is 5.16 Å². The number of benzene rings is 3. The number of hydrogen-bond donors (Lipinski definition) is 1. The van der Waals surface area contributed by atoms with Gasteiger partial charge in [-0.3, -0.25) is 14.2 Å². The van der Waals surface area contributed by atoms with Gasteiger partial charge in [-0.05, 0) is 48.4 Å². The van der Waals surface area contributed by atoms with E-state index in [0.29, 0.717) is 33.4 Å². The molecule has 2 aromatic heterocycles. The molecule has 0 unspecified atom stereocenters. The second kappa shape index (κ2) is 8.34. The monoisotopic (exact) mass is 486 g/mol. The van der Waals surface area contributed by atoms with Crippen molar-refractivity contribution in [2.24, 2.45) is 0 Å². The number of nitrogens with one attached hydrogen (secondary N) is 1. The maximum absolute atomic E-state index is 13.6. The predicted molar refractivity (Wildman–Crippen MR) is 137 cm³/mol. The van der Waals surface area contributed by atoms with Crippen molar-refractivity contribution in [3.05, 3.63) is 93.7 Å². The summed E-state index contributed by atoms with van der Waals surface area (Å²) in [6.07, 6.45) is 0.849. The topological polar surface area (TPSA) is 71.0 Å². The minimum atomic E-state index is -0.218. The minimum Gasteiger partial charge on any atom is -0.349 e. The van der Waals surface area contributed by atoms with Crippen LogP contribution >= 0.6 is 23.4 Å². The number of aromatic amines is 1. The van der Waals surface area contributed by atoms with Crippen LogP contribution in [0.2, 0.25) is 5.02 Å². The van der Waals surface area contributed by atoms with Crippen LogP contribution < -0.4 is 10.5 Å². The van der Waals surface area contributed by atoms with E-state index in [9.17, 15) is 9.59 Å². The maximum Gasteiger partial charge on any atom is 0.283 e. The van der Waals surface area contributed by atoms with Gasteiger partial charge in [-0.25, -0.2) is 4.98 Å². The van der Waals surface area contributed by atoms with Gasteiger partial charge in [0.05, 0.1) is 11.4 Å². The number of thioether (sulfide) groups is 1. The van der Waals surface area contributed by atoms with Crippen LogP contribution in [0.25, 0.3) is 27.6 Å². The summed E-state index contributed by atoms with van der Waals surface area (Å²) < 4.78 is 1.55. The van der Waals surface area contributed by atoms with E-state index < -0.39 is 0 Å². The number of nitrogens with zero attached hydrogens (tertiary/aromatic N) is 3. The van der Waals surface area contributed by atoms with Crippen molar-refractivity contribution in [3.8, 4) is 5.69 Å². The summed E-state index contributed by atoms with van der Waals surface area (Å²) in [7, 11) is 0. The molecule has 3 heterocycles. The van der Waals surface area contributed by atoms with Crippen molar-refractivity contribution < 1.29 is 4.79 Å². The second-order valence-electron chi connectivity index (χ2n) is 8.12. The van der Waals surface area contributed by atoms with Crippen LogP contribution in [0.4, 0.5) is 5.69 Å². The number of hydrogen-bond acceptors (Lipinski definition) is 4. The third-order valence-corrected chi connectivity index (χ3v) is 7.27. The molecule has 0 radical (unpaired) electrons. The zero-order chi connectivity index (χ0) is 23.2. The molecule has 168 valence electrons. The maximum atomic E-state index is 13.6. The summed E-state index contributed by atoms with van der Waals surface area (Å²) in [6.45, 7) is 0.664. The molecule has 3 aromatic carbocycles. The molecule has 0 fully saturated rings. The molecule has 0 aliphatic carbocycles. The Morgan fingerprint density at radius 3 is 2.65 bits per heavy atom. The van der Waals surface area contributed by atoms with Gasteiger partial charge in [0.2, 0.25) is 5.91 Å². The lowest BCUT2D eigenvalue weighted by Gasteiger charge is -2.18. The Hall–Kier alpha value is -3.55. The zero-order valence-corrected chi connectivity index (χ0v) is 19.6. The van der Waals surface area contributed by atoms with E-state index >= 15 is 0 Å². The second-order valence-corrected chi connectivity index (χ2v) is 9.50. The lowest BCUT2D eigenvalue weighted by Crippen LogP contribution is -2.31. The van der Waals surface area contributed by atoms with Crippen molar-refractivity contribution in [1.82, 2.24) is 14.5 Å². The molecule has 0 saturated carbocycles. The minimum absolute atomic E-state index is 0.00845. The molecule has 0 atom stereocenters. The summed E-state index contributed by atoms with van der Waals surface area (Å²) in [4.78, 5) is 36.7. The van der Waals surface area contributed by atoms with Crippen LogP contribution in [0.15, 0.2) is 82.7 Å². The van der Waals surface area contributed by atoms with E-state index in [1.165, 1.54) is 17.3 Å². The van der Waals surface area contributed by atoms with Gasteiger partial charge in [-0.2, -0.15) is 0 Å². The number of fused-ring (bicyclic) bond motifs is 4. The molecule has 0 spiro atoms. The van der Waals surface area contributed by atoms with Crippen molar-refractivity contribution in [1.29, 1.82) is 0 Å². The molecule has 1 aliphatic rings. The number of para-hydroxylation sites is 2. The quantitative estimate of drug-likeness (QED) is 0.280. The number of rotatable bonds is 4. The summed E-state index contributed by atoms with van der Waals surface area (Å²) in [5, 5.41) is 1.92. The summed E-state index contributed by atoms with van der Waals surface area (Å²) in [5.41, 5.74) is 4.44. The van der Waals surface area contributed by atoms with Gasteiger partial charge in [0.1, 0.15) is 11.0 Å². The van der Waals surface area contributed by atoms with E-state index in [1.807, 2.05) is 47.4 Å². The van der Waals surface area contributed by atoms with Crippen LogP contribution in [0.1, 0.15) is 5.56 Å². The Morgan fingerprint density at radius 2 is 1.79 bits per heavy atom. The van der Waals surface area contributed by atoms with Crippen molar-refractivity contribution in [2.45, 2.75) is 11.6 Å². The smallest absolute Gasteiger partial charge is 0.283 e. The Labute approximate surface area is 204 Å². The molecule has 6 rings (SSSR count). The van der Waals surface area contributed by atoms with Gasteiger partial charge in [-0.1, -0.05) is 59.8 Å². The number of carbonyl (C=O) groups excluding carboxylic acids is 1. The molecule has 34 heavy (non-hydrogen) atoms. The van der Waals surface area contributed by atoms with Gasteiger partial charge in [0.25, 0.3) is 5.56 Å². The van der Waals surface area contributed by atoms with Crippen molar-refractivity contribution in [3.63, 3.8) is 0 Å². The Balaban J connectivity index is 1.43. The first-order chi connectivity index (χ1) is 16.6. The van der Waals surface area contributed by atoms with Crippen LogP contribution in [-0.2, 0) is 11.2 Å². The van der Waals surface area contributed by atoms with E-state index in [2.05, 4.69) is 11.1 Å². The third kappa shape index (κ3) is 3.48. The highest BCUT2D eigenvalue weighted by Gasteiger charge is 2.25. The van der Waals surface area contributed by atoms with Crippen LogP contribution in [0.3, 0.4) is 0 Å². The molecule has 0 bridgehead atoms. The molecule has 1 N–H and O–H groups in total. The van der Waals surface area contributed by atoms with Crippen LogP contribution in [-0.4, -0.2) is 32.7 Å². The first kappa shape index (κ1) is 21.0. The fraction of sp³-hybridized carbons (Fsp3) is 0.115. The average molecular weight is 487 g/mol. The number of H-pyrrole nitrogens is 1. The molecule has 0 saturated heterocycles. The van der Waals surface area contributed by atoms with Gasteiger partial charge < -0.3 is 9.88 Å². The standard InChI is InChI=1S/C26H19ClN4O2S/c27-17-9-11-18(12-10-17)31-25(33)24-23(19-6-2-3-7-20(19)28-24)29-26(31)34-15-22(32)30-14-13-16-5-1-4-8-21(16)30/h1-12,28H,13-15H2. The molecule has 8 heteroatoms. The summed E-state index contributed by atoms with van der Waals surface area (Å²) >= 11 is 7.35. The fourth-order valence-electron chi connectivity index (χ4n) is 4.46. The number of aromatic nitrogens is 3. The van der Waals surface area contributed by atoms with Gasteiger partial charge >= 0.3 is 0 Å². The lowest BCUT2D eigenvalue weighted by molar-refractivity contribution is -0.116. The van der Waals surface area contributed by atoms with Gasteiger partial charge in [0, 0.05) is 28.2 Å². The SMILES string of the molecule is O=C(CSc1nc2c([nH]c3ccccc32)c(=O)n1-c1ccc(Cl)cc1)N1CCc2ccccc21. The Kier molecular flexibility index (Phi) is 5.16. The van der Waals surface area contributed by atoms with Crippen molar-refractivity contribution in [2.75, 3.05) is 17.2 Å². The normalized spacial score (nSPS) is 13.0. The first-order valence-electron chi connectivity index (χ1n) is 10.9. The Bertz CT molecular complexity index is 1620. The highest BCUT2D eigenvalue weighted by molar-refractivity contribution is 7.99. The van der Waals surface area contributed by atoms with Crippen molar-refractivity contribution >= 4 is 56.9 Å². The third-order valence-electron chi connectivity index (χ3n) is 6.09. The highest BCUT2D eigenvalue weighted by atomic mass is 35.5. The zero-order valence-electron chi connectivity index (χ0n) is 18.0. The molecule has 1 aliphatic heterocycles. The molecule has 5 aromatic rings. The van der Waals surface area contributed by atoms with Gasteiger partial charge in [-0.15, -0.1) is 0 Å². The van der Waals surface area contributed by atoms with Crippen LogP contribution in [0.5, 0.6) is 0 Å². The molecule has 1 amide bonds. The average Bonchev–Trinajstić information content (AvgIpc) is 3.46. The predicted octanol–water partition coefficient (Wildman–Crippen LogP) is 5.20. The molecule has 6 nitrogen and oxygen atoms in total. The highest BCUT2D eigenvalue weighted by Crippen LogP contribution is 2.30. The summed E-state index contributed by atoms with van der Waals surface area (Å²) in [5.74, 6) is 0.160. The molecular weight excluding hydrogens is 468 g/mol. The largest absolute Gasteiger partial charge is 0.349 e. The number of carbonyl (C=O) groups is 1. The van der Waals surface area contributed by atoms with E-state index in [1.54, 1.807) is 28.8 Å². The first-order valence-corrected chi connectivity index (χ1v) is 12.3. The number of halogens is 1. The number of anilines is 1. The Morgan fingerprint density at radius 1 is 1.03 bits per heavy atom.